The van der Waals surface area contributed by atoms with Crippen LogP contribution in [0.1, 0.15) is 6.42 Å². The first kappa shape index (κ1) is 15.7. The Balaban J connectivity index is 1.94. The van der Waals surface area contributed by atoms with Gasteiger partial charge in [-0.15, -0.1) is 0 Å². The average molecular weight is 326 g/mol. The zero-order chi connectivity index (χ0) is 17.1. The highest BCUT2D eigenvalue weighted by atomic mass is 15.1. The lowest BCUT2D eigenvalue weighted by atomic mass is 10.0. The largest absolute Gasteiger partial charge is 0.340 e. The molecule has 0 bridgehead atoms. The quantitative estimate of drug-likeness (QED) is 0.526. The number of anilines is 2. The van der Waals surface area contributed by atoms with Gasteiger partial charge in [0.2, 0.25) is 0 Å². The van der Waals surface area contributed by atoms with Crippen LogP contribution in [0.4, 0.5) is 11.4 Å². The molecule has 0 aliphatic heterocycles. The van der Waals surface area contributed by atoms with Crippen LogP contribution in [0.2, 0.25) is 0 Å². The molecule has 4 rings (SSSR count). The molecule has 0 unspecified atom stereocenters. The average Bonchev–Trinajstić information content (AvgIpc) is 2.68. The van der Waals surface area contributed by atoms with Gasteiger partial charge in [-0.3, -0.25) is 0 Å². The Bertz CT molecular complexity index is 917. The van der Waals surface area contributed by atoms with Crippen LogP contribution < -0.4 is 10.6 Å². The molecule has 124 valence electrons. The van der Waals surface area contributed by atoms with Gasteiger partial charge in [-0.25, -0.2) is 0 Å². The molecule has 2 nitrogen and oxygen atoms in total. The Morgan fingerprint density at radius 1 is 0.600 bits per heavy atom. The van der Waals surface area contributed by atoms with Crippen molar-refractivity contribution >= 4 is 32.9 Å². The number of fused-ring (bicyclic) bond motifs is 2. The molecule has 0 amide bonds. The fourth-order valence-electron chi connectivity index (χ4n) is 3.51. The monoisotopic (exact) mass is 326 g/mol. The first-order chi connectivity index (χ1) is 12.4. The number of hydrogen-bond donors (Lipinski definition) is 1. The normalized spacial score (nSPS) is 11.1. The minimum absolute atomic E-state index is 0.687. The van der Waals surface area contributed by atoms with Gasteiger partial charge in [0.15, 0.2) is 0 Å². The number of hydrogen-bond acceptors (Lipinski definition) is 2. The van der Waals surface area contributed by atoms with E-state index in [1.165, 1.54) is 32.9 Å². The maximum atomic E-state index is 5.83. The van der Waals surface area contributed by atoms with Gasteiger partial charge in [-0.2, -0.15) is 0 Å². The first-order valence-electron chi connectivity index (χ1n) is 8.81. The number of benzene rings is 4. The van der Waals surface area contributed by atoms with Crippen LogP contribution in [-0.2, 0) is 0 Å². The second-order valence-electron chi connectivity index (χ2n) is 6.29. The van der Waals surface area contributed by atoms with Gasteiger partial charge in [0.05, 0.1) is 0 Å². The van der Waals surface area contributed by atoms with E-state index in [9.17, 15) is 0 Å². The first-order valence-corrected chi connectivity index (χ1v) is 8.81. The predicted molar refractivity (Wildman–Crippen MR) is 109 cm³/mol. The third kappa shape index (κ3) is 2.97. The van der Waals surface area contributed by atoms with Gasteiger partial charge in [-0.1, -0.05) is 72.8 Å². The third-order valence-electron chi connectivity index (χ3n) is 4.70. The molecule has 0 saturated heterocycles. The van der Waals surface area contributed by atoms with E-state index in [0.717, 1.165) is 13.0 Å². The highest BCUT2D eigenvalue weighted by Crippen LogP contribution is 2.36. The van der Waals surface area contributed by atoms with Crippen LogP contribution >= 0.6 is 0 Å². The minimum atomic E-state index is 0.687. The molecule has 2 heteroatoms. The van der Waals surface area contributed by atoms with E-state index < -0.39 is 0 Å². The van der Waals surface area contributed by atoms with E-state index in [4.69, 9.17) is 5.73 Å². The van der Waals surface area contributed by atoms with Crippen molar-refractivity contribution in [1.82, 2.24) is 0 Å². The molecule has 0 saturated carbocycles. The minimum Gasteiger partial charge on any atom is -0.340 e. The van der Waals surface area contributed by atoms with E-state index in [-0.39, 0.29) is 0 Å². The smallest absolute Gasteiger partial charge is 0.0490 e. The molecule has 0 fully saturated rings. The molecule has 2 N–H and O–H groups in total. The van der Waals surface area contributed by atoms with E-state index in [1.807, 2.05) is 0 Å². The van der Waals surface area contributed by atoms with Gasteiger partial charge < -0.3 is 10.6 Å². The van der Waals surface area contributed by atoms with Crippen molar-refractivity contribution in [2.24, 2.45) is 5.73 Å². The number of nitrogens with two attached hydrogens (primary N) is 1. The standard InChI is InChI=1S/C23H22N2/c24-16-7-17-25(22-14-5-10-18-8-1-3-12-20(18)22)23-15-6-11-19-9-2-4-13-21(19)23/h1-6,8-15H,7,16-17,24H2. The summed E-state index contributed by atoms with van der Waals surface area (Å²) in [6.07, 6.45) is 0.951. The van der Waals surface area contributed by atoms with Gasteiger partial charge in [0.25, 0.3) is 0 Å². The molecule has 25 heavy (non-hydrogen) atoms. The number of rotatable bonds is 5. The summed E-state index contributed by atoms with van der Waals surface area (Å²) in [5.41, 5.74) is 8.31. The van der Waals surface area contributed by atoms with Crippen molar-refractivity contribution in [1.29, 1.82) is 0 Å². The van der Waals surface area contributed by atoms with Gasteiger partial charge in [0.1, 0.15) is 0 Å². The predicted octanol–water partition coefficient (Wildman–Crippen LogP) is 5.48. The van der Waals surface area contributed by atoms with Crippen molar-refractivity contribution in [2.75, 3.05) is 18.0 Å². The van der Waals surface area contributed by atoms with Crippen molar-refractivity contribution in [3.05, 3.63) is 84.9 Å². The van der Waals surface area contributed by atoms with E-state index in [1.54, 1.807) is 0 Å². The van der Waals surface area contributed by atoms with Gasteiger partial charge in [-0.05, 0) is 35.9 Å². The summed E-state index contributed by atoms with van der Waals surface area (Å²) >= 11 is 0. The molecule has 4 aromatic rings. The fourth-order valence-corrected chi connectivity index (χ4v) is 3.51. The van der Waals surface area contributed by atoms with Gasteiger partial charge >= 0.3 is 0 Å². The maximum absolute atomic E-state index is 5.83. The summed E-state index contributed by atoms with van der Waals surface area (Å²) in [4.78, 5) is 2.41. The highest BCUT2D eigenvalue weighted by molar-refractivity contribution is 6.01. The molecule has 4 aromatic carbocycles. The molecular formula is C23H22N2. The van der Waals surface area contributed by atoms with Gasteiger partial charge in [0, 0.05) is 28.7 Å². The topological polar surface area (TPSA) is 29.3 Å². The van der Waals surface area contributed by atoms with Crippen LogP contribution in [0, 0.1) is 0 Å². The van der Waals surface area contributed by atoms with E-state index in [0.29, 0.717) is 6.54 Å². The van der Waals surface area contributed by atoms with Crippen molar-refractivity contribution in [3.63, 3.8) is 0 Å². The lowest BCUT2D eigenvalue weighted by molar-refractivity contribution is 0.821. The third-order valence-corrected chi connectivity index (χ3v) is 4.70. The van der Waals surface area contributed by atoms with E-state index >= 15 is 0 Å². The molecule has 0 radical (unpaired) electrons. The Labute approximate surface area is 148 Å². The summed E-state index contributed by atoms with van der Waals surface area (Å²) in [7, 11) is 0. The molecule has 0 aliphatic carbocycles. The lowest BCUT2D eigenvalue weighted by Gasteiger charge is -2.27. The number of nitrogens with zero attached hydrogens (tertiary/aromatic N) is 1. The Morgan fingerprint density at radius 3 is 1.60 bits per heavy atom. The zero-order valence-electron chi connectivity index (χ0n) is 14.2. The summed E-state index contributed by atoms with van der Waals surface area (Å²) in [5.74, 6) is 0. The van der Waals surface area contributed by atoms with Crippen molar-refractivity contribution < 1.29 is 0 Å². The highest BCUT2D eigenvalue weighted by Gasteiger charge is 2.14. The van der Waals surface area contributed by atoms with Crippen LogP contribution in [0.5, 0.6) is 0 Å². The summed E-state index contributed by atoms with van der Waals surface area (Å²) in [6, 6.07) is 30.2. The van der Waals surface area contributed by atoms with Crippen molar-refractivity contribution in [3.8, 4) is 0 Å². The second-order valence-corrected chi connectivity index (χ2v) is 6.29. The Hall–Kier alpha value is -2.84. The second kappa shape index (κ2) is 6.96. The van der Waals surface area contributed by atoms with Crippen molar-refractivity contribution in [2.45, 2.75) is 6.42 Å². The van der Waals surface area contributed by atoms with E-state index in [2.05, 4.69) is 89.8 Å². The fraction of sp³-hybridized carbons (Fsp3) is 0.130. The molecule has 0 heterocycles. The van der Waals surface area contributed by atoms with Crippen LogP contribution in [0.3, 0.4) is 0 Å². The summed E-state index contributed by atoms with van der Waals surface area (Å²) in [5, 5.41) is 5.07. The Kier molecular flexibility index (Phi) is 4.36. The Morgan fingerprint density at radius 2 is 1.08 bits per heavy atom. The molecule has 0 atom stereocenters. The SMILES string of the molecule is NCCCN(c1cccc2ccccc12)c1cccc2ccccc12. The summed E-state index contributed by atoms with van der Waals surface area (Å²) in [6.45, 7) is 1.59. The summed E-state index contributed by atoms with van der Waals surface area (Å²) < 4.78 is 0. The molecular weight excluding hydrogens is 304 g/mol. The van der Waals surface area contributed by atoms with Crippen LogP contribution in [0.15, 0.2) is 84.9 Å². The molecule has 0 aliphatic rings. The zero-order valence-corrected chi connectivity index (χ0v) is 14.2. The molecule has 0 aromatic heterocycles. The van der Waals surface area contributed by atoms with Crippen LogP contribution in [0.25, 0.3) is 21.5 Å². The lowest BCUT2D eigenvalue weighted by Crippen LogP contribution is -2.21. The van der Waals surface area contributed by atoms with Crippen LogP contribution in [-0.4, -0.2) is 13.1 Å². The molecule has 0 spiro atoms. The maximum Gasteiger partial charge on any atom is 0.0490 e.